The lowest BCUT2D eigenvalue weighted by atomic mass is 10.1. The van der Waals surface area contributed by atoms with Crippen molar-refractivity contribution in [1.29, 1.82) is 0 Å². The first kappa shape index (κ1) is 21.9. The van der Waals surface area contributed by atoms with Crippen LogP contribution in [0.4, 0.5) is 17.1 Å². The van der Waals surface area contributed by atoms with Crippen molar-refractivity contribution in [1.82, 2.24) is 5.32 Å². The van der Waals surface area contributed by atoms with E-state index in [1.54, 1.807) is 17.9 Å². The molecule has 2 N–H and O–H groups in total. The van der Waals surface area contributed by atoms with Crippen molar-refractivity contribution in [3.8, 4) is 0 Å². The number of anilines is 3. The van der Waals surface area contributed by atoms with Crippen LogP contribution in [0.15, 0.2) is 42.5 Å². The number of fused-ring (bicyclic) bond motifs is 1. The molecule has 1 fully saturated rings. The van der Waals surface area contributed by atoms with Gasteiger partial charge in [-0.25, -0.2) is 0 Å². The third-order valence-electron chi connectivity index (χ3n) is 6.09. The summed E-state index contributed by atoms with van der Waals surface area (Å²) in [5.74, 6) is -0.348. The fourth-order valence-electron chi connectivity index (χ4n) is 4.47. The average molecular weight is 435 g/mol. The Bertz CT molecular complexity index is 1030. The maximum Gasteiger partial charge on any atom is 0.251 e. The number of amides is 3. The summed E-state index contributed by atoms with van der Waals surface area (Å²) in [7, 11) is 0. The molecule has 7 nitrogen and oxygen atoms in total. The Balaban J connectivity index is 1.31. The molecule has 2 heterocycles. The first-order valence-corrected chi connectivity index (χ1v) is 11.3. The Kier molecular flexibility index (Phi) is 6.44. The number of nitrogens with one attached hydrogen (secondary N) is 2. The topological polar surface area (TPSA) is 81.8 Å². The summed E-state index contributed by atoms with van der Waals surface area (Å²) in [6.07, 6.45) is 3.33. The van der Waals surface area contributed by atoms with Crippen LogP contribution < -0.4 is 20.4 Å². The van der Waals surface area contributed by atoms with Crippen LogP contribution in [0.5, 0.6) is 0 Å². The number of nitrogens with zero attached hydrogens (tertiary/aromatic N) is 2. The van der Waals surface area contributed by atoms with Gasteiger partial charge in [-0.2, -0.15) is 0 Å². The van der Waals surface area contributed by atoms with E-state index in [-0.39, 0.29) is 30.2 Å². The van der Waals surface area contributed by atoms with Crippen molar-refractivity contribution >= 4 is 34.8 Å². The maximum atomic E-state index is 12.7. The maximum absolute atomic E-state index is 12.7. The van der Waals surface area contributed by atoms with Crippen LogP contribution in [-0.2, 0) is 16.0 Å². The van der Waals surface area contributed by atoms with Crippen molar-refractivity contribution in [3.63, 3.8) is 0 Å². The SMILES string of the molecule is CC(=O)N1CCc2cc(C(=O)NC(C)CC(=O)Nc3cccc(N4CCCC4)c3)ccc21. The summed E-state index contributed by atoms with van der Waals surface area (Å²) < 4.78 is 0. The van der Waals surface area contributed by atoms with E-state index in [4.69, 9.17) is 0 Å². The Morgan fingerprint density at radius 3 is 2.56 bits per heavy atom. The predicted molar refractivity (Wildman–Crippen MR) is 126 cm³/mol. The van der Waals surface area contributed by atoms with Crippen molar-refractivity contribution in [2.24, 2.45) is 0 Å². The van der Waals surface area contributed by atoms with E-state index in [0.29, 0.717) is 12.1 Å². The van der Waals surface area contributed by atoms with Crippen LogP contribution in [0, 0.1) is 0 Å². The second-order valence-corrected chi connectivity index (χ2v) is 8.64. The van der Waals surface area contributed by atoms with E-state index in [9.17, 15) is 14.4 Å². The minimum Gasteiger partial charge on any atom is -0.371 e. The van der Waals surface area contributed by atoms with Crippen LogP contribution in [-0.4, -0.2) is 43.4 Å². The molecule has 168 valence electrons. The van der Waals surface area contributed by atoms with E-state index in [2.05, 4.69) is 21.6 Å². The summed E-state index contributed by atoms with van der Waals surface area (Å²) in [5.41, 5.74) is 4.31. The number of benzene rings is 2. The Hall–Kier alpha value is -3.35. The fraction of sp³-hybridized carbons (Fsp3) is 0.400. The van der Waals surface area contributed by atoms with Crippen molar-refractivity contribution in [2.75, 3.05) is 34.8 Å². The minimum atomic E-state index is -0.314. The third kappa shape index (κ3) is 4.93. The lowest BCUT2D eigenvalue weighted by molar-refractivity contribution is -0.117. The van der Waals surface area contributed by atoms with Gasteiger partial charge in [0.1, 0.15) is 0 Å². The molecule has 0 aromatic heterocycles. The molecular formula is C25H30N4O3. The van der Waals surface area contributed by atoms with Gasteiger partial charge in [-0.15, -0.1) is 0 Å². The Labute approximate surface area is 188 Å². The van der Waals surface area contributed by atoms with Gasteiger partial charge in [0, 0.05) is 61.6 Å². The molecule has 0 aliphatic carbocycles. The summed E-state index contributed by atoms with van der Waals surface area (Å²) in [5, 5.41) is 5.85. The van der Waals surface area contributed by atoms with Crippen LogP contribution in [0.1, 0.15) is 49.0 Å². The molecular weight excluding hydrogens is 404 g/mol. The number of rotatable bonds is 6. The highest BCUT2D eigenvalue weighted by Crippen LogP contribution is 2.29. The Morgan fingerprint density at radius 2 is 1.81 bits per heavy atom. The Morgan fingerprint density at radius 1 is 1.03 bits per heavy atom. The van der Waals surface area contributed by atoms with Crippen molar-refractivity contribution in [2.45, 2.75) is 45.6 Å². The molecule has 0 saturated carbocycles. The number of hydrogen-bond acceptors (Lipinski definition) is 4. The molecule has 4 rings (SSSR count). The number of carbonyl (C=O) groups excluding carboxylic acids is 3. The average Bonchev–Trinajstić information content (AvgIpc) is 3.43. The molecule has 1 atom stereocenters. The molecule has 2 aromatic carbocycles. The molecule has 7 heteroatoms. The van der Waals surface area contributed by atoms with Crippen LogP contribution in [0.3, 0.4) is 0 Å². The zero-order valence-electron chi connectivity index (χ0n) is 18.7. The highest BCUT2D eigenvalue weighted by Gasteiger charge is 2.23. The molecule has 0 spiro atoms. The molecule has 0 radical (unpaired) electrons. The van der Waals surface area contributed by atoms with Gasteiger partial charge in [0.25, 0.3) is 5.91 Å². The largest absolute Gasteiger partial charge is 0.371 e. The molecule has 2 aliphatic rings. The van der Waals surface area contributed by atoms with E-state index in [0.717, 1.165) is 42.1 Å². The lowest BCUT2D eigenvalue weighted by Crippen LogP contribution is -2.35. The first-order chi connectivity index (χ1) is 15.4. The predicted octanol–water partition coefficient (Wildman–Crippen LogP) is 3.34. The smallest absolute Gasteiger partial charge is 0.251 e. The van der Waals surface area contributed by atoms with E-state index in [1.807, 2.05) is 37.3 Å². The molecule has 1 unspecified atom stereocenters. The van der Waals surface area contributed by atoms with Gasteiger partial charge >= 0.3 is 0 Å². The standard InChI is InChI=1S/C25H30N4O3/c1-17(14-24(31)27-21-6-5-7-22(16-21)28-11-3-4-12-28)26-25(32)20-8-9-23-19(15-20)10-13-29(23)18(2)30/h5-9,15-17H,3-4,10-14H2,1-2H3,(H,26,32)(H,27,31). The van der Waals surface area contributed by atoms with Crippen LogP contribution in [0.25, 0.3) is 0 Å². The first-order valence-electron chi connectivity index (χ1n) is 11.3. The van der Waals surface area contributed by atoms with Gasteiger partial charge in [-0.05, 0) is 68.1 Å². The summed E-state index contributed by atoms with van der Waals surface area (Å²) in [6.45, 7) is 6.12. The zero-order chi connectivity index (χ0) is 22.7. The third-order valence-corrected chi connectivity index (χ3v) is 6.09. The van der Waals surface area contributed by atoms with Gasteiger partial charge in [-0.1, -0.05) is 6.07 Å². The quantitative estimate of drug-likeness (QED) is 0.731. The highest BCUT2D eigenvalue weighted by molar-refractivity contribution is 5.98. The second kappa shape index (κ2) is 9.42. The fourth-order valence-corrected chi connectivity index (χ4v) is 4.47. The van der Waals surface area contributed by atoms with E-state index < -0.39 is 0 Å². The molecule has 2 aliphatic heterocycles. The van der Waals surface area contributed by atoms with Crippen molar-refractivity contribution < 1.29 is 14.4 Å². The summed E-state index contributed by atoms with van der Waals surface area (Å²) in [4.78, 5) is 40.9. The summed E-state index contributed by atoms with van der Waals surface area (Å²) >= 11 is 0. The molecule has 3 amide bonds. The zero-order valence-corrected chi connectivity index (χ0v) is 18.7. The van der Waals surface area contributed by atoms with Crippen LogP contribution in [0.2, 0.25) is 0 Å². The van der Waals surface area contributed by atoms with Gasteiger partial charge < -0.3 is 20.4 Å². The van der Waals surface area contributed by atoms with Gasteiger partial charge in [0.05, 0.1) is 0 Å². The normalized spacial score (nSPS) is 15.9. The monoisotopic (exact) mass is 434 g/mol. The number of carbonyl (C=O) groups is 3. The summed E-state index contributed by atoms with van der Waals surface area (Å²) in [6, 6.07) is 13.0. The molecule has 1 saturated heterocycles. The minimum absolute atomic E-state index is 0.00607. The van der Waals surface area contributed by atoms with Gasteiger partial charge in [0.2, 0.25) is 11.8 Å². The van der Waals surface area contributed by atoms with Gasteiger partial charge in [0.15, 0.2) is 0 Å². The highest BCUT2D eigenvalue weighted by atomic mass is 16.2. The van der Waals surface area contributed by atoms with E-state index in [1.165, 1.54) is 12.8 Å². The van der Waals surface area contributed by atoms with Gasteiger partial charge in [-0.3, -0.25) is 14.4 Å². The van der Waals surface area contributed by atoms with E-state index >= 15 is 0 Å². The molecule has 2 aromatic rings. The number of hydrogen-bond donors (Lipinski definition) is 2. The second-order valence-electron chi connectivity index (χ2n) is 8.64. The van der Waals surface area contributed by atoms with Crippen molar-refractivity contribution in [3.05, 3.63) is 53.6 Å². The molecule has 0 bridgehead atoms. The van der Waals surface area contributed by atoms with Crippen LogP contribution >= 0.6 is 0 Å². The lowest BCUT2D eigenvalue weighted by Gasteiger charge is -2.19. The molecule has 32 heavy (non-hydrogen) atoms.